The third-order valence-corrected chi connectivity index (χ3v) is 5.64. The van der Waals surface area contributed by atoms with Gasteiger partial charge >= 0.3 is 0 Å². The third-order valence-electron chi connectivity index (χ3n) is 4.68. The van der Waals surface area contributed by atoms with Crippen LogP contribution in [0.2, 0.25) is 0 Å². The first-order valence-electron chi connectivity index (χ1n) is 8.15. The second-order valence-electron chi connectivity index (χ2n) is 6.53. The monoisotopic (exact) mass is 354 g/mol. The summed E-state index contributed by atoms with van der Waals surface area (Å²) in [6.07, 6.45) is 4.30. The van der Waals surface area contributed by atoms with Gasteiger partial charge in [0.05, 0.1) is 4.92 Å². The zero-order valence-electron chi connectivity index (χ0n) is 13.3. The summed E-state index contributed by atoms with van der Waals surface area (Å²) in [7, 11) is -4.13. The summed E-state index contributed by atoms with van der Waals surface area (Å²) < 4.78 is 23.2. The summed E-state index contributed by atoms with van der Waals surface area (Å²) in [6.45, 7) is 2.70. The van der Waals surface area contributed by atoms with Crippen molar-refractivity contribution in [3.8, 4) is 0 Å². The normalized spacial score (nSPS) is 19.2. The Kier molecular flexibility index (Phi) is 4.75. The lowest BCUT2D eigenvalue weighted by Crippen LogP contribution is -2.44. The number of anilines is 1. The summed E-state index contributed by atoms with van der Waals surface area (Å²) in [5.41, 5.74) is 0.248. The SMILES string of the molecule is NS(=O)(=O)c1ccc(N(CC2CC2)C2CCNCC2)cc1[N+](=O)[O-]. The molecule has 1 saturated heterocycles. The van der Waals surface area contributed by atoms with Crippen LogP contribution in [0.5, 0.6) is 0 Å². The van der Waals surface area contributed by atoms with Gasteiger partial charge in [-0.3, -0.25) is 10.1 Å². The number of hydrogen-bond donors (Lipinski definition) is 2. The number of hydrogen-bond acceptors (Lipinski definition) is 6. The topological polar surface area (TPSA) is 119 Å². The molecule has 0 amide bonds. The maximum atomic E-state index is 11.6. The number of nitrogens with zero attached hydrogens (tertiary/aromatic N) is 2. The molecule has 0 radical (unpaired) electrons. The van der Waals surface area contributed by atoms with Crippen LogP contribution in [-0.2, 0) is 10.0 Å². The Bertz CT molecular complexity index is 727. The van der Waals surface area contributed by atoms with Crippen molar-refractivity contribution in [1.82, 2.24) is 5.32 Å². The van der Waals surface area contributed by atoms with Crippen LogP contribution in [0.1, 0.15) is 25.7 Å². The van der Waals surface area contributed by atoms with Crippen LogP contribution in [0.4, 0.5) is 11.4 Å². The van der Waals surface area contributed by atoms with Crippen LogP contribution in [0.15, 0.2) is 23.1 Å². The fourth-order valence-corrected chi connectivity index (χ4v) is 3.91. The first-order chi connectivity index (χ1) is 11.4. The highest BCUT2D eigenvalue weighted by Gasteiger charge is 2.31. The molecule has 3 N–H and O–H groups in total. The first-order valence-corrected chi connectivity index (χ1v) is 9.69. The lowest BCUT2D eigenvalue weighted by molar-refractivity contribution is -0.387. The van der Waals surface area contributed by atoms with Gasteiger partial charge < -0.3 is 10.2 Å². The minimum absolute atomic E-state index is 0.312. The number of benzene rings is 1. The molecule has 2 aliphatic rings. The van der Waals surface area contributed by atoms with E-state index in [-0.39, 0.29) is 0 Å². The van der Waals surface area contributed by atoms with E-state index in [4.69, 9.17) is 5.14 Å². The van der Waals surface area contributed by atoms with E-state index < -0.39 is 25.5 Å². The van der Waals surface area contributed by atoms with Crippen molar-refractivity contribution in [3.05, 3.63) is 28.3 Å². The molecule has 0 aromatic heterocycles. The fourth-order valence-electron chi connectivity index (χ4n) is 3.23. The summed E-state index contributed by atoms with van der Waals surface area (Å²) >= 11 is 0. The van der Waals surface area contributed by atoms with Crippen LogP contribution in [0.3, 0.4) is 0 Å². The van der Waals surface area contributed by atoms with Gasteiger partial charge in [-0.2, -0.15) is 0 Å². The number of nitro groups is 1. The molecule has 1 aromatic carbocycles. The summed E-state index contributed by atoms with van der Waals surface area (Å²) in [6, 6.07) is 4.55. The molecule has 1 heterocycles. The van der Waals surface area contributed by atoms with Gasteiger partial charge in [-0.05, 0) is 56.8 Å². The Morgan fingerprint density at radius 1 is 1.25 bits per heavy atom. The summed E-state index contributed by atoms with van der Waals surface area (Å²) in [4.78, 5) is 12.4. The van der Waals surface area contributed by atoms with E-state index in [1.807, 2.05) is 0 Å². The maximum Gasteiger partial charge on any atom is 0.291 e. The van der Waals surface area contributed by atoms with E-state index in [0.717, 1.165) is 32.5 Å². The third kappa shape index (κ3) is 3.85. The molecule has 0 atom stereocenters. The molecule has 0 bridgehead atoms. The van der Waals surface area contributed by atoms with Crippen molar-refractivity contribution in [2.75, 3.05) is 24.5 Å². The summed E-state index contributed by atoms with van der Waals surface area (Å²) in [5.74, 6) is 0.622. The van der Waals surface area contributed by atoms with Crippen molar-refractivity contribution in [2.24, 2.45) is 11.1 Å². The second kappa shape index (κ2) is 6.66. The number of sulfonamides is 1. The van der Waals surface area contributed by atoms with Crippen molar-refractivity contribution in [3.63, 3.8) is 0 Å². The summed E-state index contributed by atoms with van der Waals surface area (Å²) in [5, 5.41) is 19.7. The lowest BCUT2D eigenvalue weighted by atomic mass is 10.0. The molecule has 0 unspecified atom stereocenters. The zero-order valence-corrected chi connectivity index (χ0v) is 14.2. The van der Waals surface area contributed by atoms with Crippen LogP contribution in [0, 0.1) is 16.0 Å². The number of nitrogens with one attached hydrogen (secondary N) is 1. The maximum absolute atomic E-state index is 11.6. The number of primary sulfonamides is 1. The van der Waals surface area contributed by atoms with E-state index in [1.54, 1.807) is 6.07 Å². The van der Waals surface area contributed by atoms with E-state index >= 15 is 0 Å². The molecule has 1 aliphatic heterocycles. The molecular formula is C15H22N4O4S. The molecule has 2 fully saturated rings. The van der Waals surface area contributed by atoms with E-state index in [9.17, 15) is 18.5 Å². The van der Waals surface area contributed by atoms with Gasteiger partial charge in [0.2, 0.25) is 10.0 Å². The number of piperidine rings is 1. The smallest absolute Gasteiger partial charge is 0.291 e. The van der Waals surface area contributed by atoms with E-state index in [1.165, 1.54) is 25.0 Å². The van der Waals surface area contributed by atoms with Gasteiger partial charge in [-0.25, -0.2) is 13.6 Å². The van der Waals surface area contributed by atoms with Gasteiger partial charge in [0.1, 0.15) is 0 Å². The molecule has 1 aromatic rings. The molecular weight excluding hydrogens is 332 g/mol. The van der Waals surface area contributed by atoms with Crippen LogP contribution in [-0.4, -0.2) is 39.0 Å². The van der Waals surface area contributed by atoms with Gasteiger partial charge in [0, 0.05) is 24.3 Å². The van der Waals surface area contributed by atoms with Crippen molar-refractivity contribution in [1.29, 1.82) is 0 Å². The Balaban J connectivity index is 1.97. The van der Waals surface area contributed by atoms with Crippen molar-refractivity contribution < 1.29 is 13.3 Å². The highest BCUT2D eigenvalue weighted by molar-refractivity contribution is 7.89. The molecule has 9 heteroatoms. The molecule has 24 heavy (non-hydrogen) atoms. The lowest BCUT2D eigenvalue weighted by Gasteiger charge is -2.36. The zero-order chi connectivity index (χ0) is 17.3. The predicted octanol–water partition coefficient (Wildman–Crippen LogP) is 1.21. The highest BCUT2D eigenvalue weighted by Crippen LogP contribution is 2.36. The number of rotatable bonds is 6. The molecule has 8 nitrogen and oxygen atoms in total. The number of nitrogens with two attached hydrogens (primary N) is 1. The molecule has 1 aliphatic carbocycles. The minimum Gasteiger partial charge on any atom is -0.368 e. The average molecular weight is 354 g/mol. The number of nitro benzene ring substituents is 1. The van der Waals surface area contributed by atoms with Gasteiger partial charge in [-0.1, -0.05) is 0 Å². The molecule has 1 saturated carbocycles. The molecule has 3 rings (SSSR count). The Morgan fingerprint density at radius 3 is 2.46 bits per heavy atom. The van der Waals surface area contributed by atoms with E-state index in [2.05, 4.69) is 10.2 Å². The van der Waals surface area contributed by atoms with Gasteiger partial charge in [0.15, 0.2) is 4.90 Å². The van der Waals surface area contributed by atoms with Crippen LogP contribution >= 0.6 is 0 Å². The quantitative estimate of drug-likeness (QED) is 0.585. The Hall–Kier alpha value is -1.71. The average Bonchev–Trinajstić information content (AvgIpc) is 3.36. The highest BCUT2D eigenvalue weighted by atomic mass is 32.2. The molecule has 132 valence electrons. The predicted molar refractivity (Wildman–Crippen MR) is 90.4 cm³/mol. The van der Waals surface area contributed by atoms with E-state index in [0.29, 0.717) is 17.6 Å². The fraction of sp³-hybridized carbons (Fsp3) is 0.600. The first kappa shape index (κ1) is 17.1. The van der Waals surface area contributed by atoms with Crippen molar-refractivity contribution >= 4 is 21.4 Å². The van der Waals surface area contributed by atoms with Gasteiger partial charge in [-0.15, -0.1) is 0 Å². The Labute approximate surface area is 141 Å². The standard InChI is InChI=1S/C15H22N4O4S/c16-24(22,23)15-4-3-13(9-14(15)19(20)21)18(10-11-1-2-11)12-5-7-17-8-6-12/h3-4,9,11-12,17H,1-2,5-8,10H2,(H2,16,22,23). The second-order valence-corrected chi connectivity index (χ2v) is 8.06. The van der Waals surface area contributed by atoms with Gasteiger partial charge in [0.25, 0.3) is 5.69 Å². The van der Waals surface area contributed by atoms with Crippen LogP contribution < -0.4 is 15.4 Å². The molecule has 0 spiro atoms. The van der Waals surface area contributed by atoms with Crippen LogP contribution in [0.25, 0.3) is 0 Å². The largest absolute Gasteiger partial charge is 0.368 e. The Morgan fingerprint density at radius 2 is 1.92 bits per heavy atom. The minimum atomic E-state index is -4.13. The van der Waals surface area contributed by atoms with Crippen molar-refractivity contribution in [2.45, 2.75) is 36.6 Å².